The number of hydrogen-bond donors (Lipinski definition) is 1. The molecule has 1 N–H and O–H groups in total. The quantitative estimate of drug-likeness (QED) is 0.297. The lowest BCUT2D eigenvalue weighted by atomic mass is 10.0. The number of rotatable bonds is 10. The largest absolute Gasteiger partial charge is 0.445 e. The van der Waals surface area contributed by atoms with Crippen molar-refractivity contribution in [2.75, 3.05) is 26.2 Å². The zero-order chi connectivity index (χ0) is 34.2. The van der Waals surface area contributed by atoms with E-state index in [4.69, 9.17) is 9.47 Å². The number of benzene rings is 1. The van der Waals surface area contributed by atoms with Gasteiger partial charge in [-0.05, 0) is 79.9 Å². The first-order valence-electron chi connectivity index (χ1n) is 15.8. The van der Waals surface area contributed by atoms with Crippen molar-refractivity contribution < 1.29 is 28.7 Å². The summed E-state index contributed by atoms with van der Waals surface area (Å²) in [6.45, 7) is 20.3. The highest BCUT2D eigenvalue weighted by molar-refractivity contribution is 8.05. The Hall–Kier alpha value is -3.73. The first-order valence-corrected chi connectivity index (χ1v) is 16.7. The lowest BCUT2D eigenvalue weighted by Gasteiger charge is -2.42. The molecular weight excluding hydrogens is 604 g/mol. The van der Waals surface area contributed by atoms with E-state index in [0.29, 0.717) is 24.4 Å². The number of allylic oxidation sites excluding steroid dienone is 2. The van der Waals surface area contributed by atoms with Crippen LogP contribution < -0.4 is 5.32 Å². The smallest absolute Gasteiger partial charge is 0.410 e. The minimum atomic E-state index is -0.774. The molecule has 0 radical (unpaired) electrons. The number of ether oxygens (including phenoxy) is 2. The molecule has 3 rings (SSSR count). The first kappa shape index (κ1) is 36.7. The highest BCUT2D eigenvalue weighted by Gasteiger charge is 2.40. The number of piperidine rings is 1. The molecular formula is C35H50N4O6S. The molecule has 0 aromatic heterocycles. The van der Waals surface area contributed by atoms with Gasteiger partial charge in [0.15, 0.2) is 0 Å². The van der Waals surface area contributed by atoms with E-state index in [9.17, 15) is 19.2 Å². The summed E-state index contributed by atoms with van der Waals surface area (Å²) < 4.78 is 10.1. The Morgan fingerprint density at radius 1 is 1.20 bits per heavy atom. The van der Waals surface area contributed by atoms with Gasteiger partial charge in [-0.25, -0.2) is 9.59 Å². The highest BCUT2D eigenvalue weighted by Crippen LogP contribution is 2.42. The monoisotopic (exact) mass is 654 g/mol. The second-order valence-corrected chi connectivity index (χ2v) is 15.0. The van der Waals surface area contributed by atoms with Crippen LogP contribution in [0.25, 0.3) is 0 Å². The molecule has 2 aliphatic heterocycles. The van der Waals surface area contributed by atoms with Gasteiger partial charge >= 0.3 is 12.2 Å². The average Bonchev–Trinajstić information content (AvgIpc) is 2.99. The molecule has 10 nitrogen and oxygen atoms in total. The van der Waals surface area contributed by atoms with Crippen LogP contribution in [0.15, 0.2) is 65.2 Å². The van der Waals surface area contributed by atoms with Gasteiger partial charge in [0.2, 0.25) is 11.8 Å². The van der Waals surface area contributed by atoms with Gasteiger partial charge in [0.25, 0.3) is 0 Å². The Bertz CT molecular complexity index is 1350. The lowest BCUT2D eigenvalue weighted by molar-refractivity contribution is -0.133. The van der Waals surface area contributed by atoms with Crippen LogP contribution in [-0.4, -0.2) is 87.3 Å². The molecule has 4 amide bonds. The molecule has 2 aliphatic rings. The molecule has 1 aromatic rings. The first-order chi connectivity index (χ1) is 21.5. The van der Waals surface area contributed by atoms with Crippen LogP contribution in [-0.2, 0) is 25.7 Å². The number of nitrogens with one attached hydrogen (secondary N) is 1. The lowest BCUT2D eigenvalue weighted by Crippen LogP contribution is -2.54. The van der Waals surface area contributed by atoms with E-state index >= 15 is 0 Å². The number of alkyl carbamates (subject to hydrolysis) is 1. The van der Waals surface area contributed by atoms with Gasteiger partial charge in [-0.1, -0.05) is 43.0 Å². The average molecular weight is 655 g/mol. The Kier molecular flexibility index (Phi) is 12.5. The van der Waals surface area contributed by atoms with Crippen molar-refractivity contribution in [3.63, 3.8) is 0 Å². The molecule has 0 aliphatic carbocycles. The maximum Gasteiger partial charge on any atom is 0.410 e. The van der Waals surface area contributed by atoms with E-state index in [1.165, 1.54) is 11.8 Å². The minimum absolute atomic E-state index is 0.129. The summed E-state index contributed by atoms with van der Waals surface area (Å²) in [4.78, 5) is 58.8. The third kappa shape index (κ3) is 9.88. The number of carbonyl (C=O) groups is 4. The van der Waals surface area contributed by atoms with Gasteiger partial charge in [-0.3, -0.25) is 9.59 Å². The number of likely N-dealkylation sites (tertiary alicyclic amines) is 1. The second kappa shape index (κ2) is 15.7. The molecule has 1 fully saturated rings. The Labute approximate surface area is 278 Å². The standard InChI is InChI=1S/C35H50N4O6S/c1-10-29-28(38(31(41)35(8,9)46-29)20-18-36-32(42)44-23-26-15-12-11-13-16-26)21-25(4)30(40)39(24(2)3)27-17-14-19-37(22-27)33(43)45-34(5,6)7/h10-13,15-16,21,24,27H,1,14,17-20,22-23H2,2-9H3,(H,36,42)/b25-21+/t27-/m1/s1. The van der Waals surface area contributed by atoms with Crippen molar-refractivity contribution in [2.45, 2.75) is 97.3 Å². The van der Waals surface area contributed by atoms with Crippen molar-refractivity contribution in [3.8, 4) is 0 Å². The van der Waals surface area contributed by atoms with Crippen molar-refractivity contribution in [2.24, 2.45) is 0 Å². The van der Waals surface area contributed by atoms with E-state index in [1.807, 2.05) is 83.7 Å². The predicted molar refractivity (Wildman–Crippen MR) is 182 cm³/mol. The minimum Gasteiger partial charge on any atom is -0.445 e. The van der Waals surface area contributed by atoms with Crippen LogP contribution in [0.4, 0.5) is 9.59 Å². The molecule has 1 saturated heterocycles. The molecule has 2 heterocycles. The van der Waals surface area contributed by atoms with Crippen molar-refractivity contribution in [3.05, 3.63) is 70.8 Å². The summed E-state index contributed by atoms with van der Waals surface area (Å²) in [6, 6.07) is 9.06. The molecule has 0 unspecified atom stereocenters. The summed E-state index contributed by atoms with van der Waals surface area (Å²) in [5, 5.41) is 2.73. The Morgan fingerprint density at radius 2 is 1.87 bits per heavy atom. The predicted octanol–water partition coefficient (Wildman–Crippen LogP) is 6.25. The fraction of sp³-hybridized carbons (Fsp3) is 0.543. The molecule has 1 aromatic carbocycles. The van der Waals surface area contributed by atoms with Gasteiger partial charge < -0.3 is 29.5 Å². The Morgan fingerprint density at radius 3 is 2.48 bits per heavy atom. The van der Waals surface area contributed by atoms with E-state index in [0.717, 1.165) is 23.3 Å². The van der Waals surface area contributed by atoms with Gasteiger partial charge in [0, 0.05) is 42.7 Å². The summed E-state index contributed by atoms with van der Waals surface area (Å²) in [5.41, 5.74) is 1.26. The van der Waals surface area contributed by atoms with Crippen LogP contribution >= 0.6 is 11.8 Å². The van der Waals surface area contributed by atoms with Crippen LogP contribution in [0.2, 0.25) is 0 Å². The maximum absolute atomic E-state index is 14.1. The fourth-order valence-corrected chi connectivity index (χ4v) is 6.57. The number of hydrogen-bond acceptors (Lipinski definition) is 7. The van der Waals surface area contributed by atoms with Crippen molar-refractivity contribution in [1.82, 2.24) is 20.0 Å². The summed E-state index contributed by atoms with van der Waals surface area (Å²) in [7, 11) is 0. The molecule has 0 spiro atoms. The number of carbonyl (C=O) groups excluding carboxylic acids is 4. The molecule has 252 valence electrons. The fourth-order valence-electron chi connectivity index (χ4n) is 5.47. The summed E-state index contributed by atoms with van der Waals surface area (Å²) in [6.07, 6.45) is 3.98. The Balaban J connectivity index is 1.79. The SMILES string of the molecule is C=CC1=C(/C=C(\C)C(=O)N(C(C)C)[C@@H]2CCCN(C(=O)OC(C)(C)C)C2)N(CCNC(=O)OCc2ccccc2)C(=O)C(C)(C)S1. The zero-order valence-corrected chi connectivity index (χ0v) is 29.4. The molecule has 0 saturated carbocycles. The number of amides is 4. The van der Waals surface area contributed by atoms with E-state index in [2.05, 4.69) is 11.9 Å². The maximum atomic E-state index is 14.1. The number of thioether (sulfide) groups is 1. The van der Waals surface area contributed by atoms with Gasteiger partial charge in [-0.15, -0.1) is 11.8 Å². The molecule has 46 heavy (non-hydrogen) atoms. The van der Waals surface area contributed by atoms with Crippen LogP contribution in [0.1, 0.15) is 73.8 Å². The zero-order valence-electron chi connectivity index (χ0n) is 28.6. The number of nitrogens with zero attached hydrogens (tertiary/aromatic N) is 3. The third-order valence-corrected chi connectivity index (χ3v) is 8.88. The topological polar surface area (TPSA) is 108 Å². The van der Waals surface area contributed by atoms with Crippen LogP contribution in [0, 0.1) is 0 Å². The van der Waals surface area contributed by atoms with Crippen molar-refractivity contribution in [1.29, 1.82) is 0 Å². The second-order valence-electron chi connectivity index (χ2n) is 13.4. The van der Waals surface area contributed by atoms with E-state index in [1.54, 1.807) is 28.9 Å². The highest BCUT2D eigenvalue weighted by atomic mass is 32.2. The normalized spacial score (nSPS) is 18.8. The molecule has 1 atom stereocenters. The van der Waals surface area contributed by atoms with Crippen LogP contribution in [0.3, 0.4) is 0 Å². The van der Waals surface area contributed by atoms with Gasteiger partial charge in [0.1, 0.15) is 12.2 Å². The van der Waals surface area contributed by atoms with Crippen molar-refractivity contribution >= 4 is 35.8 Å². The molecule has 11 heteroatoms. The van der Waals surface area contributed by atoms with E-state index in [-0.39, 0.29) is 49.7 Å². The van der Waals surface area contributed by atoms with Crippen LogP contribution in [0.5, 0.6) is 0 Å². The van der Waals surface area contributed by atoms with Gasteiger partial charge in [0.05, 0.1) is 16.5 Å². The summed E-state index contributed by atoms with van der Waals surface area (Å²) in [5.74, 6) is -0.318. The van der Waals surface area contributed by atoms with Gasteiger partial charge in [-0.2, -0.15) is 0 Å². The molecule has 0 bridgehead atoms. The van der Waals surface area contributed by atoms with E-state index < -0.39 is 16.4 Å². The third-order valence-electron chi connectivity index (χ3n) is 7.59. The summed E-state index contributed by atoms with van der Waals surface area (Å²) >= 11 is 1.39.